The number of ether oxygens (including phenoxy) is 2. The van der Waals surface area contributed by atoms with Gasteiger partial charge in [0.25, 0.3) is 0 Å². The van der Waals surface area contributed by atoms with Crippen LogP contribution in [0.3, 0.4) is 0 Å². The van der Waals surface area contributed by atoms with E-state index in [0.717, 1.165) is 12.8 Å². The van der Waals surface area contributed by atoms with Gasteiger partial charge in [0.15, 0.2) is 6.29 Å². The number of rotatable bonds is 4. The van der Waals surface area contributed by atoms with Crippen LogP contribution in [0.25, 0.3) is 0 Å². The van der Waals surface area contributed by atoms with Gasteiger partial charge in [0.1, 0.15) is 5.75 Å². The van der Waals surface area contributed by atoms with E-state index in [1.807, 2.05) is 0 Å². The molecule has 5 nitrogen and oxygen atoms in total. The second-order valence-corrected chi connectivity index (χ2v) is 4.72. The minimum absolute atomic E-state index is 0.00833. The van der Waals surface area contributed by atoms with Crippen molar-refractivity contribution in [3.63, 3.8) is 0 Å². The third kappa shape index (κ3) is 3.45. The lowest BCUT2D eigenvalue weighted by Crippen LogP contribution is -2.17. The first-order valence-corrected chi connectivity index (χ1v) is 6.30. The minimum Gasteiger partial charge on any atom is -0.490 e. The van der Waals surface area contributed by atoms with Gasteiger partial charge in [-0.1, -0.05) is 12.1 Å². The van der Waals surface area contributed by atoms with E-state index in [-0.39, 0.29) is 18.0 Å². The molecule has 2 N–H and O–H groups in total. The van der Waals surface area contributed by atoms with Crippen molar-refractivity contribution in [2.75, 3.05) is 7.11 Å². The maximum atomic E-state index is 11.4. The molecule has 1 aliphatic rings. The number of esters is 1. The molecule has 2 atom stereocenters. The largest absolute Gasteiger partial charge is 0.490 e. The zero-order valence-corrected chi connectivity index (χ0v) is 10.8. The van der Waals surface area contributed by atoms with Crippen LogP contribution in [0.5, 0.6) is 5.75 Å². The van der Waals surface area contributed by atoms with Gasteiger partial charge in [-0.05, 0) is 31.4 Å². The summed E-state index contributed by atoms with van der Waals surface area (Å²) in [5.74, 6) is 0.415. The summed E-state index contributed by atoms with van der Waals surface area (Å²) in [6.07, 6.45) is 0.810. The van der Waals surface area contributed by atoms with Crippen LogP contribution in [0.2, 0.25) is 0 Å². The molecule has 0 spiro atoms. The zero-order valence-electron chi connectivity index (χ0n) is 10.8. The summed E-state index contributed by atoms with van der Waals surface area (Å²) in [6, 6.07) is 6.60. The fourth-order valence-corrected chi connectivity index (χ4v) is 2.34. The van der Waals surface area contributed by atoms with Gasteiger partial charge in [-0.15, -0.1) is 0 Å². The number of aliphatic hydroxyl groups excluding tert-OH is 1. The van der Waals surface area contributed by atoms with Crippen LogP contribution in [0.15, 0.2) is 24.3 Å². The summed E-state index contributed by atoms with van der Waals surface area (Å²) in [4.78, 5) is 11.4. The molecule has 1 aromatic carbocycles. The fraction of sp³-hybridized carbons (Fsp3) is 0.500. The first kappa shape index (κ1) is 13.8. The van der Waals surface area contributed by atoms with E-state index >= 15 is 0 Å². The zero-order chi connectivity index (χ0) is 13.8. The Morgan fingerprint density at radius 3 is 2.53 bits per heavy atom. The maximum Gasteiger partial charge on any atom is 0.308 e. The van der Waals surface area contributed by atoms with Gasteiger partial charge < -0.3 is 19.7 Å². The number of hydrogen-bond acceptors (Lipinski definition) is 5. The lowest BCUT2D eigenvalue weighted by molar-refractivity contribution is -0.145. The summed E-state index contributed by atoms with van der Waals surface area (Å²) < 4.78 is 10.5. The predicted molar refractivity (Wildman–Crippen MR) is 67.4 cm³/mol. The summed E-state index contributed by atoms with van der Waals surface area (Å²) in [5, 5.41) is 18.0. The van der Waals surface area contributed by atoms with Crippen LogP contribution in [-0.4, -0.2) is 29.4 Å². The molecule has 0 saturated heterocycles. The smallest absolute Gasteiger partial charge is 0.308 e. The van der Waals surface area contributed by atoms with Gasteiger partial charge >= 0.3 is 5.97 Å². The number of aliphatic hydroxyl groups is 2. The van der Waals surface area contributed by atoms with E-state index in [4.69, 9.17) is 19.7 Å². The maximum absolute atomic E-state index is 11.4. The van der Waals surface area contributed by atoms with E-state index in [2.05, 4.69) is 0 Å². The molecule has 2 rings (SSSR count). The van der Waals surface area contributed by atoms with Crippen LogP contribution in [0.1, 0.15) is 31.1 Å². The first-order valence-electron chi connectivity index (χ1n) is 6.30. The van der Waals surface area contributed by atoms with Crippen molar-refractivity contribution in [2.24, 2.45) is 5.92 Å². The second kappa shape index (κ2) is 6.04. The molecule has 5 heteroatoms. The Morgan fingerprint density at radius 2 is 1.95 bits per heavy atom. The van der Waals surface area contributed by atoms with Gasteiger partial charge in [-0.2, -0.15) is 0 Å². The van der Waals surface area contributed by atoms with Gasteiger partial charge in [-0.25, -0.2) is 0 Å². The number of carbonyl (C=O) groups excluding carboxylic acids is 1. The second-order valence-electron chi connectivity index (χ2n) is 4.72. The molecular weight excluding hydrogens is 248 g/mol. The molecule has 1 aliphatic carbocycles. The van der Waals surface area contributed by atoms with Crippen molar-refractivity contribution in [3.8, 4) is 5.75 Å². The Bertz CT molecular complexity index is 426. The molecule has 0 amide bonds. The molecule has 0 heterocycles. The highest BCUT2D eigenvalue weighted by molar-refractivity contribution is 5.72. The number of hydrogen-bond donors (Lipinski definition) is 2. The molecule has 1 saturated carbocycles. The summed E-state index contributed by atoms with van der Waals surface area (Å²) in [6.45, 7) is 0. The van der Waals surface area contributed by atoms with E-state index in [1.165, 1.54) is 7.11 Å². The van der Waals surface area contributed by atoms with E-state index in [0.29, 0.717) is 17.7 Å². The molecule has 19 heavy (non-hydrogen) atoms. The SMILES string of the molecule is COC(=O)[C@H]1CC[C@@H](Oc2ccc(C(O)O)cc2)C1. The number of methoxy groups -OCH3 is 1. The molecule has 1 aromatic rings. The van der Waals surface area contributed by atoms with Crippen molar-refractivity contribution in [1.29, 1.82) is 0 Å². The van der Waals surface area contributed by atoms with E-state index in [1.54, 1.807) is 24.3 Å². The highest BCUT2D eigenvalue weighted by atomic mass is 16.5. The third-order valence-electron chi connectivity index (χ3n) is 3.40. The molecule has 104 valence electrons. The normalized spacial score (nSPS) is 22.5. The quantitative estimate of drug-likeness (QED) is 0.636. The topological polar surface area (TPSA) is 76.0 Å². The summed E-state index contributed by atoms with van der Waals surface area (Å²) in [7, 11) is 1.40. The number of benzene rings is 1. The van der Waals surface area contributed by atoms with Crippen molar-refractivity contribution in [1.82, 2.24) is 0 Å². The Hall–Kier alpha value is -1.59. The lowest BCUT2D eigenvalue weighted by atomic mass is 10.1. The van der Waals surface area contributed by atoms with Crippen molar-refractivity contribution in [3.05, 3.63) is 29.8 Å². The lowest BCUT2D eigenvalue weighted by Gasteiger charge is -2.14. The standard InChI is InChI=1S/C14H18O5/c1-18-14(17)10-4-7-12(8-10)19-11-5-2-9(3-6-11)13(15)16/h2-3,5-6,10,12-13,15-16H,4,7-8H2,1H3/t10-,12+/m0/s1. The highest BCUT2D eigenvalue weighted by Crippen LogP contribution is 2.30. The molecule has 0 radical (unpaired) electrons. The van der Waals surface area contributed by atoms with Gasteiger partial charge in [0.05, 0.1) is 19.1 Å². The Labute approximate surface area is 111 Å². The van der Waals surface area contributed by atoms with Crippen molar-refractivity contribution < 1.29 is 24.5 Å². The van der Waals surface area contributed by atoms with Crippen LogP contribution < -0.4 is 4.74 Å². The van der Waals surface area contributed by atoms with Gasteiger partial charge in [0.2, 0.25) is 0 Å². The summed E-state index contributed by atoms with van der Waals surface area (Å²) >= 11 is 0. The molecule has 0 aliphatic heterocycles. The third-order valence-corrected chi connectivity index (χ3v) is 3.40. The monoisotopic (exact) mass is 266 g/mol. The Morgan fingerprint density at radius 1 is 1.26 bits per heavy atom. The highest BCUT2D eigenvalue weighted by Gasteiger charge is 2.31. The van der Waals surface area contributed by atoms with Crippen LogP contribution >= 0.6 is 0 Å². The number of carbonyl (C=O) groups is 1. The van der Waals surface area contributed by atoms with E-state index < -0.39 is 6.29 Å². The molecule has 1 fully saturated rings. The molecule has 0 unspecified atom stereocenters. The fourth-order valence-electron chi connectivity index (χ4n) is 2.34. The average Bonchev–Trinajstić information content (AvgIpc) is 2.87. The van der Waals surface area contributed by atoms with Crippen molar-refractivity contribution in [2.45, 2.75) is 31.7 Å². The average molecular weight is 266 g/mol. The van der Waals surface area contributed by atoms with E-state index in [9.17, 15) is 4.79 Å². The summed E-state index contributed by atoms with van der Waals surface area (Å²) in [5.41, 5.74) is 0.422. The predicted octanol–water partition coefficient (Wildman–Crippen LogP) is 1.39. The van der Waals surface area contributed by atoms with Gasteiger partial charge in [0, 0.05) is 5.56 Å². The molecule has 0 bridgehead atoms. The first-order chi connectivity index (χ1) is 9.10. The van der Waals surface area contributed by atoms with Crippen LogP contribution in [-0.2, 0) is 9.53 Å². The Kier molecular flexibility index (Phi) is 4.39. The van der Waals surface area contributed by atoms with Crippen LogP contribution in [0.4, 0.5) is 0 Å². The van der Waals surface area contributed by atoms with Gasteiger partial charge in [-0.3, -0.25) is 4.79 Å². The van der Waals surface area contributed by atoms with Crippen LogP contribution in [0, 0.1) is 5.92 Å². The Balaban J connectivity index is 1.90. The van der Waals surface area contributed by atoms with Crippen molar-refractivity contribution >= 4 is 5.97 Å². The minimum atomic E-state index is -1.47. The molecule has 0 aromatic heterocycles. The molecular formula is C14H18O5.